The molecular formula is C14H17N3O2. The molecule has 0 atom stereocenters. The lowest BCUT2D eigenvalue weighted by molar-refractivity contribution is 0.419. The summed E-state index contributed by atoms with van der Waals surface area (Å²) >= 11 is 0. The number of anilines is 1. The van der Waals surface area contributed by atoms with Gasteiger partial charge in [-0.3, -0.25) is 4.79 Å². The van der Waals surface area contributed by atoms with Crippen LogP contribution in [0.4, 0.5) is 5.69 Å². The molecule has 0 radical (unpaired) electrons. The maximum atomic E-state index is 12.1. The van der Waals surface area contributed by atoms with Crippen molar-refractivity contribution in [1.29, 1.82) is 0 Å². The number of nitrogens with one attached hydrogen (secondary N) is 2. The number of nitrogens with two attached hydrogens (primary N) is 1. The number of aromatic amines is 1. The molecule has 1 aliphatic heterocycles. The minimum Gasteiger partial charge on any atom is -0.496 e. The summed E-state index contributed by atoms with van der Waals surface area (Å²) < 4.78 is 5.46. The van der Waals surface area contributed by atoms with E-state index in [-0.39, 0.29) is 5.56 Å². The van der Waals surface area contributed by atoms with Crippen molar-refractivity contribution in [2.24, 2.45) is 5.73 Å². The Morgan fingerprint density at radius 3 is 3.00 bits per heavy atom. The van der Waals surface area contributed by atoms with Gasteiger partial charge in [-0.1, -0.05) is 0 Å². The first-order valence-electron chi connectivity index (χ1n) is 6.44. The number of ether oxygens (including phenoxy) is 1. The lowest BCUT2D eigenvalue weighted by Gasteiger charge is -2.20. The van der Waals surface area contributed by atoms with Crippen LogP contribution >= 0.6 is 0 Å². The smallest absolute Gasteiger partial charge is 0.253 e. The molecule has 1 aromatic heterocycles. The summed E-state index contributed by atoms with van der Waals surface area (Å²) in [4.78, 5) is 15.0. The van der Waals surface area contributed by atoms with E-state index >= 15 is 0 Å². The number of hydrogen-bond acceptors (Lipinski definition) is 4. The molecule has 0 saturated heterocycles. The Morgan fingerprint density at radius 2 is 2.26 bits per heavy atom. The number of benzene rings is 1. The number of aromatic nitrogens is 1. The molecule has 100 valence electrons. The Morgan fingerprint density at radius 1 is 1.42 bits per heavy atom. The van der Waals surface area contributed by atoms with E-state index in [4.69, 9.17) is 10.5 Å². The van der Waals surface area contributed by atoms with Crippen LogP contribution in [-0.4, -0.2) is 18.6 Å². The number of pyridine rings is 1. The zero-order chi connectivity index (χ0) is 13.4. The summed E-state index contributed by atoms with van der Waals surface area (Å²) in [5, 5.41) is 4.27. The van der Waals surface area contributed by atoms with Crippen LogP contribution in [0.3, 0.4) is 0 Å². The molecule has 3 rings (SSSR count). The fraction of sp³-hybridized carbons (Fsp3) is 0.357. The molecule has 0 saturated carbocycles. The van der Waals surface area contributed by atoms with E-state index in [0.717, 1.165) is 52.9 Å². The molecule has 1 aromatic carbocycles. The summed E-state index contributed by atoms with van der Waals surface area (Å²) in [5.41, 5.74) is 9.10. The van der Waals surface area contributed by atoms with Gasteiger partial charge in [0.25, 0.3) is 5.56 Å². The van der Waals surface area contributed by atoms with Gasteiger partial charge in [-0.05, 0) is 30.5 Å². The number of methoxy groups -OCH3 is 1. The third kappa shape index (κ3) is 1.86. The minimum atomic E-state index is -0.0223. The second-order valence-electron chi connectivity index (χ2n) is 4.76. The largest absolute Gasteiger partial charge is 0.496 e. The fourth-order valence-electron chi connectivity index (χ4n) is 2.68. The van der Waals surface area contributed by atoms with Gasteiger partial charge in [-0.2, -0.15) is 0 Å². The monoisotopic (exact) mass is 259 g/mol. The number of fused-ring (bicyclic) bond motifs is 3. The fourth-order valence-corrected chi connectivity index (χ4v) is 2.68. The van der Waals surface area contributed by atoms with Crippen LogP contribution in [-0.2, 0) is 13.0 Å². The highest BCUT2D eigenvalue weighted by Crippen LogP contribution is 2.35. The van der Waals surface area contributed by atoms with Crippen LogP contribution in [0, 0.1) is 0 Å². The van der Waals surface area contributed by atoms with Gasteiger partial charge >= 0.3 is 0 Å². The SMILES string of the molecule is COc1cc(CN)cc2[nH]c(=O)c3c(c12)NCCC3. The minimum absolute atomic E-state index is 0.0223. The van der Waals surface area contributed by atoms with Crippen LogP contribution in [0.25, 0.3) is 10.9 Å². The average Bonchev–Trinajstić information content (AvgIpc) is 2.46. The lowest BCUT2D eigenvalue weighted by Crippen LogP contribution is -2.22. The standard InChI is InChI=1S/C14H17N3O2/c1-19-11-6-8(7-15)5-10-12(11)13-9(14(18)17-10)3-2-4-16-13/h5-6,16H,2-4,7,15H2,1H3,(H,17,18). The highest BCUT2D eigenvalue weighted by atomic mass is 16.5. The van der Waals surface area contributed by atoms with Crippen molar-refractivity contribution in [2.45, 2.75) is 19.4 Å². The Balaban J connectivity index is 2.41. The summed E-state index contributed by atoms with van der Waals surface area (Å²) in [6.45, 7) is 1.30. The molecule has 4 N–H and O–H groups in total. The molecule has 0 amide bonds. The Labute approximate surface area is 110 Å². The zero-order valence-electron chi connectivity index (χ0n) is 10.9. The van der Waals surface area contributed by atoms with Crippen LogP contribution in [0.15, 0.2) is 16.9 Å². The van der Waals surface area contributed by atoms with Crippen molar-refractivity contribution in [1.82, 2.24) is 4.98 Å². The van der Waals surface area contributed by atoms with E-state index in [0.29, 0.717) is 6.54 Å². The molecule has 0 unspecified atom stereocenters. The average molecular weight is 259 g/mol. The molecule has 0 aliphatic carbocycles. The Bertz CT molecular complexity index is 691. The van der Waals surface area contributed by atoms with E-state index in [9.17, 15) is 4.79 Å². The molecule has 2 aromatic rings. The highest BCUT2D eigenvalue weighted by Gasteiger charge is 2.19. The number of rotatable bonds is 2. The molecule has 5 heteroatoms. The van der Waals surface area contributed by atoms with Crippen molar-refractivity contribution in [3.8, 4) is 5.75 Å². The van der Waals surface area contributed by atoms with E-state index in [1.165, 1.54) is 0 Å². The molecular weight excluding hydrogens is 242 g/mol. The third-order valence-corrected chi connectivity index (χ3v) is 3.60. The van der Waals surface area contributed by atoms with Gasteiger partial charge in [0, 0.05) is 18.7 Å². The molecule has 0 bridgehead atoms. The van der Waals surface area contributed by atoms with E-state index in [1.807, 2.05) is 12.1 Å². The van der Waals surface area contributed by atoms with Gasteiger partial charge in [0.1, 0.15) is 5.75 Å². The lowest BCUT2D eigenvalue weighted by atomic mass is 10.00. The van der Waals surface area contributed by atoms with Gasteiger partial charge in [0.2, 0.25) is 0 Å². The molecule has 0 fully saturated rings. The van der Waals surface area contributed by atoms with E-state index < -0.39 is 0 Å². The first kappa shape index (κ1) is 12.0. The van der Waals surface area contributed by atoms with E-state index in [1.54, 1.807) is 7.11 Å². The highest BCUT2D eigenvalue weighted by molar-refractivity contribution is 5.98. The number of H-pyrrole nitrogens is 1. The summed E-state index contributed by atoms with van der Waals surface area (Å²) in [7, 11) is 1.63. The van der Waals surface area contributed by atoms with Gasteiger partial charge in [-0.15, -0.1) is 0 Å². The molecule has 0 spiro atoms. The third-order valence-electron chi connectivity index (χ3n) is 3.60. The Kier molecular flexibility index (Phi) is 2.91. The molecule has 19 heavy (non-hydrogen) atoms. The molecule has 1 aliphatic rings. The van der Waals surface area contributed by atoms with E-state index in [2.05, 4.69) is 10.3 Å². The normalized spacial score (nSPS) is 14.0. The first-order valence-corrected chi connectivity index (χ1v) is 6.44. The summed E-state index contributed by atoms with van der Waals surface area (Å²) in [6, 6.07) is 3.84. The maximum absolute atomic E-state index is 12.1. The molecule has 2 heterocycles. The summed E-state index contributed by atoms with van der Waals surface area (Å²) in [5.74, 6) is 0.750. The van der Waals surface area contributed by atoms with Crippen LogP contribution in [0.2, 0.25) is 0 Å². The quantitative estimate of drug-likeness (QED) is 0.760. The number of hydrogen-bond donors (Lipinski definition) is 3. The van der Waals surface area contributed by atoms with Crippen molar-refractivity contribution in [2.75, 3.05) is 19.0 Å². The topological polar surface area (TPSA) is 80.1 Å². The van der Waals surface area contributed by atoms with Crippen molar-refractivity contribution in [3.63, 3.8) is 0 Å². The predicted molar refractivity (Wildman–Crippen MR) is 75.8 cm³/mol. The van der Waals surface area contributed by atoms with Gasteiger partial charge < -0.3 is 20.8 Å². The molecule has 5 nitrogen and oxygen atoms in total. The van der Waals surface area contributed by atoms with Crippen molar-refractivity contribution in [3.05, 3.63) is 33.6 Å². The Hall–Kier alpha value is -2.01. The zero-order valence-corrected chi connectivity index (χ0v) is 10.9. The van der Waals surface area contributed by atoms with Gasteiger partial charge in [0.05, 0.1) is 23.7 Å². The maximum Gasteiger partial charge on any atom is 0.253 e. The second-order valence-corrected chi connectivity index (χ2v) is 4.76. The van der Waals surface area contributed by atoms with Crippen LogP contribution in [0.5, 0.6) is 5.75 Å². The van der Waals surface area contributed by atoms with Crippen LogP contribution < -0.4 is 21.3 Å². The first-order chi connectivity index (χ1) is 9.24. The second kappa shape index (κ2) is 4.59. The van der Waals surface area contributed by atoms with Crippen molar-refractivity contribution >= 4 is 16.6 Å². The van der Waals surface area contributed by atoms with Gasteiger partial charge in [0.15, 0.2) is 0 Å². The van der Waals surface area contributed by atoms with Crippen LogP contribution in [0.1, 0.15) is 17.5 Å². The van der Waals surface area contributed by atoms with Gasteiger partial charge in [-0.25, -0.2) is 0 Å². The summed E-state index contributed by atoms with van der Waals surface area (Å²) in [6.07, 6.45) is 1.78. The predicted octanol–water partition coefficient (Wildman–Crippen LogP) is 1.35. The van der Waals surface area contributed by atoms with Crippen molar-refractivity contribution < 1.29 is 4.74 Å².